The standard InChI is InChI=1S/C10H18O4S/c1-2-3-4-5-6-7-9(11)13-14-10(12)8-15/h15H,2-8H2,1H3. The largest absolute Gasteiger partial charge is 0.365 e. The molecule has 0 saturated carbocycles. The fraction of sp³-hybridized carbons (Fsp3) is 0.800. The van der Waals surface area contributed by atoms with Crippen LogP contribution in [0.5, 0.6) is 0 Å². The van der Waals surface area contributed by atoms with Crippen LogP contribution in [0.15, 0.2) is 0 Å². The van der Waals surface area contributed by atoms with E-state index < -0.39 is 11.9 Å². The van der Waals surface area contributed by atoms with Gasteiger partial charge in [0.1, 0.15) is 0 Å². The monoisotopic (exact) mass is 234 g/mol. The summed E-state index contributed by atoms with van der Waals surface area (Å²) in [6, 6.07) is 0. The zero-order valence-electron chi connectivity index (χ0n) is 9.03. The van der Waals surface area contributed by atoms with Crippen LogP contribution in [-0.2, 0) is 19.4 Å². The van der Waals surface area contributed by atoms with Crippen molar-refractivity contribution in [1.29, 1.82) is 0 Å². The molecule has 0 amide bonds. The van der Waals surface area contributed by atoms with E-state index in [1.807, 2.05) is 0 Å². The number of hydrogen-bond donors (Lipinski definition) is 1. The van der Waals surface area contributed by atoms with Gasteiger partial charge >= 0.3 is 11.9 Å². The summed E-state index contributed by atoms with van der Waals surface area (Å²) < 4.78 is 0. The third-order valence-electron chi connectivity index (χ3n) is 1.84. The molecule has 15 heavy (non-hydrogen) atoms. The van der Waals surface area contributed by atoms with Crippen molar-refractivity contribution in [2.45, 2.75) is 45.4 Å². The number of thiol groups is 1. The fourth-order valence-electron chi connectivity index (χ4n) is 1.03. The number of carbonyl (C=O) groups excluding carboxylic acids is 2. The zero-order chi connectivity index (χ0) is 11.5. The van der Waals surface area contributed by atoms with Crippen LogP contribution in [-0.4, -0.2) is 17.7 Å². The zero-order valence-corrected chi connectivity index (χ0v) is 9.92. The molecule has 0 heterocycles. The lowest BCUT2D eigenvalue weighted by Crippen LogP contribution is -2.11. The van der Waals surface area contributed by atoms with Crippen molar-refractivity contribution in [3.8, 4) is 0 Å². The van der Waals surface area contributed by atoms with Crippen LogP contribution >= 0.6 is 12.6 Å². The van der Waals surface area contributed by atoms with Gasteiger partial charge in [0.15, 0.2) is 0 Å². The molecular formula is C10H18O4S. The topological polar surface area (TPSA) is 52.6 Å². The van der Waals surface area contributed by atoms with Crippen LogP contribution in [0.4, 0.5) is 0 Å². The van der Waals surface area contributed by atoms with Crippen LogP contribution in [0.3, 0.4) is 0 Å². The Kier molecular flexibility index (Phi) is 9.36. The van der Waals surface area contributed by atoms with E-state index in [0.717, 1.165) is 19.3 Å². The predicted molar refractivity (Wildman–Crippen MR) is 59.4 cm³/mol. The molecule has 0 fully saturated rings. The Morgan fingerprint density at radius 2 is 1.60 bits per heavy atom. The Morgan fingerprint density at radius 1 is 1.00 bits per heavy atom. The maximum atomic E-state index is 11.0. The van der Waals surface area contributed by atoms with Gasteiger partial charge in [-0.05, 0) is 6.42 Å². The summed E-state index contributed by atoms with van der Waals surface area (Å²) in [4.78, 5) is 30.0. The molecule has 0 bridgehead atoms. The second-order valence-electron chi connectivity index (χ2n) is 3.23. The van der Waals surface area contributed by atoms with Crippen molar-refractivity contribution in [1.82, 2.24) is 0 Å². The molecule has 0 atom stereocenters. The van der Waals surface area contributed by atoms with Gasteiger partial charge in [-0.2, -0.15) is 12.6 Å². The normalized spacial score (nSPS) is 9.73. The molecule has 0 rings (SSSR count). The van der Waals surface area contributed by atoms with Crippen molar-refractivity contribution in [3.63, 3.8) is 0 Å². The first-order valence-corrected chi connectivity index (χ1v) is 5.85. The summed E-state index contributed by atoms with van der Waals surface area (Å²) in [5.41, 5.74) is 0. The Balaban J connectivity index is 3.30. The first kappa shape index (κ1) is 14.3. The fourth-order valence-corrected chi connectivity index (χ4v) is 1.09. The van der Waals surface area contributed by atoms with Gasteiger partial charge in [-0.15, -0.1) is 0 Å². The van der Waals surface area contributed by atoms with Gasteiger partial charge in [-0.3, -0.25) is 0 Å². The minimum atomic E-state index is -0.655. The molecule has 0 aromatic carbocycles. The summed E-state index contributed by atoms with van der Waals surface area (Å²) in [7, 11) is 0. The maximum absolute atomic E-state index is 11.0. The van der Waals surface area contributed by atoms with Gasteiger partial charge in [0.25, 0.3) is 0 Å². The number of hydrogen-bond acceptors (Lipinski definition) is 5. The lowest BCUT2D eigenvalue weighted by atomic mass is 10.1. The van der Waals surface area contributed by atoms with Crippen LogP contribution in [0, 0.1) is 0 Å². The average Bonchev–Trinajstić information content (AvgIpc) is 2.25. The molecule has 0 N–H and O–H groups in total. The van der Waals surface area contributed by atoms with Crippen molar-refractivity contribution >= 4 is 24.6 Å². The van der Waals surface area contributed by atoms with E-state index in [9.17, 15) is 9.59 Å². The van der Waals surface area contributed by atoms with E-state index >= 15 is 0 Å². The van der Waals surface area contributed by atoms with Gasteiger partial charge in [0, 0.05) is 0 Å². The molecule has 0 aliphatic carbocycles. The molecule has 0 aliphatic heterocycles. The molecule has 0 aromatic rings. The lowest BCUT2D eigenvalue weighted by Gasteiger charge is -2.01. The Labute approximate surface area is 95.7 Å². The van der Waals surface area contributed by atoms with Gasteiger partial charge in [0.2, 0.25) is 0 Å². The van der Waals surface area contributed by atoms with Crippen LogP contribution < -0.4 is 0 Å². The Bertz CT molecular complexity index is 194. The summed E-state index contributed by atoms with van der Waals surface area (Å²) in [5, 5.41) is 0. The summed E-state index contributed by atoms with van der Waals surface area (Å²) in [6.07, 6.45) is 5.55. The smallest absolute Gasteiger partial charge is 0.247 e. The third-order valence-corrected chi connectivity index (χ3v) is 2.10. The molecule has 0 aliphatic rings. The molecule has 0 radical (unpaired) electrons. The highest BCUT2D eigenvalue weighted by atomic mass is 32.1. The van der Waals surface area contributed by atoms with E-state index in [4.69, 9.17) is 0 Å². The molecule has 88 valence electrons. The molecule has 0 saturated heterocycles. The third kappa shape index (κ3) is 9.59. The molecule has 0 spiro atoms. The number of carbonyl (C=O) groups is 2. The highest BCUT2D eigenvalue weighted by molar-refractivity contribution is 7.81. The van der Waals surface area contributed by atoms with Gasteiger partial charge in [-0.1, -0.05) is 32.6 Å². The Morgan fingerprint density at radius 3 is 2.20 bits per heavy atom. The summed E-state index contributed by atoms with van der Waals surface area (Å²) in [5.74, 6) is -1.25. The SMILES string of the molecule is CCCCCCCC(=O)OOC(=O)CS. The van der Waals surface area contributed by atoms with E-state index in [1.165, 1.54) is 12.8 Å². The van der Waals surface area contributed by atoms with Gasteiger partial charge < -0.3 is 0 Å². The first-order valence-electron chi connectivity index (χ1n) is 5.21. The quantitative estimate of drug-likeness (QED) is 0.318. The average molecular weight is 234 g/mol. The second-order valence-corrected chi connectivity index (χ2v) is 3.55. The number of rotatable bonds is 7. The number of unbranched alkanes of at least 4 members (excludes halogenated alkanes) is 4. The van der Waals surface area contributed by atoms with E-state index in [1.54, 1.807) is 0 Å². The van der Waals surface area contributed by atoms with Crippen molar-refractivity contribution in [3.05, 3.63) is 0 Å². The highest BCUT2D eigenvalue weighted by Gasteiger charge is 2.07. The minimum Gasteiger partial charge on any atom is -0.247 e. The van der Waals surface area contributed by atoms with Crippen LogP contribution in [0.2, 0.25) is 0 Å². The van der Waals surface area contributed by atoms with E-state index in [0.29, 0.717) is 6.42 Å². The summed E-state index contributed by atoms with van der Waals surface area (Å²) in [6.45, 7) is 2.13. The van der Waals surface area contributed by atoms with Gasteiger partial charge in [-0.25, -0.2) is 19.4 Å². The maximum Gasteiger partial charge on any atom is 0.365 e. The molecule has 0 unspecified atom stereocenters. The van der Waals surface area contributed by atoms with Crippen molar-refractivity contribution in [2.75, 3.05) is 5.75 Å². The highest BCUT2D eigenvalue weighted by Crippen LogP contribution is 2.05. The molecular weight excluding hydrogens is 216 g/mol. The molecule has 0 aromatic heterocycles. The van der Waals surface area contributed by atoms with E-state index in [-0.39, 0.29) is 5.75 Å². The molecule has 5 heteroatoms. The lowest BCUT2D eigenvalue weighted by molar-refractivity contribution is -0.256. The predicted octanol–water partition coefficient (Wildman–Crippen LogP) is 2.28. The van der Waals surface area contributed by atoms with Crippen molar-refractivity contribution < 1.29 is 19.4 Å². The van der Waals surface area contributed by atoms with E-state index in [2.05, 4.69) is 29.3 Å². The first-order chi connectivity index (χ1) is 7.20. The van der Waals surface area contributed by atoms with Crippen molar-refractivity contribution in [2.24, 2.45) is 0 Å². The molecule has 4 nitrogen and oxygen atoms in total. The second kappa shape index (κ2) is 9.83. The minimum absolute atomic E-state index is 0.0935. The van der Waals surface area contributed by atoms with Crippen LogP contribution in [0.25, 0.3) is 0 Å². The Hall–Kier alpha value is -0.710. The van der Waals surface area contributed by atoms with Gasteiger partial charge in [0.05, 0.1) is 12.2 Å². The summed E-state index contributed by atoms with van der Waals surface area (Å²) >= 11 is 3.66. The van der Waals surface area contributed by atoms with Crippen LogP contribution in [0.1, 0.15) is 45.4 Å².